The first kappa shape index (κ1) is 17.8. The SMILES string of the molecule is COCCN(C)CCNS(=O)(=O)c1cc(N)c(C)cc1F. The zero-order valence-corrected chi connectivity index (χ0v) is 13.3. The van der Waals surface area contributed by atoms with Crippen molar-refractivity contribution in [2.45, 2.75) is 11.8 Å². The van der Waals surface area contributed by atoms with Crippen LogP contribution in [0.1, 0.15) is 5.56 Å². The number of aryl methyl sites for hydroxylation is 1. The number of benzene rings is 1. The summed E-state index contributed by atoms with van der Waals surface area (Å²) in [6.07, 6.45) is 0. The molecule has 0 heterocycles. The summed E-state index contributed by atoms with van der Waals surface area (Å²) in [4.78, 5) is 1.48. The van der Waals surface area contributed by atoms with E-state index in [0.29, 0.717) is 25.3 Å². The maximum absolute atomic E-state index is 13.8. The topological polar surface area (TPSA) is 84.7 Å². The molecule has 0 aliphatic rings. The molecule has 6 nitrogen and oxygen atoms in total. The summed E-state index contributed by atoms with van der Waals surface area (Å²) < 4.78 is 45.2. The molecule has 0 spiro atoms. The number of sulfonamides is 1. The van der Waals surface area contributed by atoms with Gasteiger partial charge in [-0.3, -0.25) is 0 Å². The predicted molar refractivity (Wildman–Crippen MR) is 80.1 cm³/mol. The van der Waals surface area contributed by atoms with Crippen LogP contribution in [0, 0.1) is 12.7 Å². The van der Waals surface area contributed by atoms with Crippen LogP contribution in [0.25, 0.3) is 0 Å². The molecular weight excluding hydrogens is 297 g/mol. The lowest BCUT2D eigenvalue weighted by Gasteiger charge is -2.16. The summed E-state index contributed by atoms with van der Waals surface area (Å²) in [5.41, 5.74) is 6.39. The lowest BCUT2D eigenvalue weighted by Crippen LogP contribution is -2.34. The molecule has 0 atom stereocenters. The maximum atomic E-state index is 13.8. The first-order chi connectivity index (χ1) is 9.77. The first-order valence-corrected chi connectivity index (χ1v) is 7.99. The van der Waals surface area contributed by atoms with Gasteiger partial charge in [0.25, 0.3) is 0 Å². The molecular formula is C13H22FN3O3S. The van der Waals surface area contributed by atoms with Gasteiger partial charge in [0.1, 0.15) is 10.7 Å². The van der Waals surface area contributed by atoms with Gasteiger partial charge in [0.15, 0.2) is 0 Å². The number of likely N-dealkylation sites (N-methyl/N-ethyl adjacent to an activating group) is 1. The molecule has 1 aromatic rings. The number of anilines is 1. The number of nitrogen functional groups attached to an aromatic ring is 1. The van der Waals surface area contributed by atoms with Crippen LogP contribution in [0.3, 0.4) is 0 Å². The maximum Gasteiger partial charge on any atom is 0.243 e. The highest BCUT2D eigenvalue weighted by molar-refractivity contribution is 7.89. The molecule has 0 aromatic heterocycles. The number of hydrogen-bond acceptors (Lipinski definition) is 5. The number of rotatable bonds is 8. The van der Waals surface area contributed by atoms with E-state index in [9.17, 15) is 12.8 Å². The highest BCUT2D eigenvalue weighted by Crippen LogP contribution is 2.21. The second-order valence-corrected chi connectivity index (χ2v) is 6.57. The van der Waals surface area contributed by atoms with Crippen molar-refractivity contribution in [3.8, 4) is 0 Å². The van der Waals surface area contributed by atoms with Crippen LogP contribution in [0.15, 0.2) is 17.0 Å². The minimum Gasteiger partial charge on any atom is -0.398 e. The van der Waals surface area contributed by atoms with Crippen LogP contribution < -0.4 is 10.5 Å². The fraction of sp³-hybridized carbons (Fsp3) is 0.538. The van der Waals surface area contributed by atoms with Crippen molar-refractivity contribution in [1.29, 1.82) is 0 Å². The average Bonchev–Trinajstić information content (AvgIpc) is 2.40. The lowest BCUT2D eigenvalue weighted by atomic mass is 10.2. The monoisotopic (exact) mass is 319 g/mol. The van der Waals surface area contributed by atoms with Gasteiger partial charge in [-0.1, -0.05) is 0 Å². The Labute approximate surface area is 125 Å². The molecule has 21 heavy (non-hydrogen) atoms. The number of halogens is 1. The van der Waals surface area contributed by atoms with Gasteiger partial charge in [0.05, 0.1) is 6.61 Å². The molecule has 120 valence electrons. The average molecular weight is 319 g/mol. The van der Waals surface area contributed by atoms with Gasteiger partial charge in [-0.25, -0.2) is 17.5 Å². The Kier molecular flexibility index (Phi) is 6.53. The van der Waals surface area contributed by atoms with Gasteiger partial charge < -0.3 is 15.4 Å². The Morgan fingerprint density at radius 2 is 2.05 bits per heavy atom. The van der Waals surface area contributed by atoms with Crippen LogP contribution in [-0.2, 0) is 14.8 Å². The molecule has 0 unspecified atom stereocenters. The third-order valence-corrected chi connectivity index (χ3v) is 4.55. The van der Waals surface area contributed by atoms with Crippen LogP contribution in [-0.4, -0.2) is 53.7 Å². The van der Waals surface area contributed by atoms with Gasteiger partial charge in [0.2, 0.25) is 10.0 Å². The third-order valence-electron chi connectivity index (χ3n) is 3.07. The molecule has 0 aliphatic carbocycles. The quantitative estimate of drug-likeness (QED) is 0.685. The van der Waals surface area contributed by atoms with Crippen molar-refractivity contribution in [3.63, 3.8) is 0 Å². The molecule has 1 aromatic carbocycles. The smallest absolute Gasteiger partial charge is 0.243 e. The zero-order chi connectivity index (χ0) is 16.0. The van der Waals surface area contributed by atoms with E-state index in [1.807, 2.05) is 11.9 Å². The summed E-state index contributed by atoms with van der Waals surface area (Å²) in [5.74, 6) is -0.804. The largest absolute Gasteiger partial charge is 0.398 e. The summed E-state index contributed by atoms with van der Waals surface area (Å²) in [5, 5.41) is 0. The summed E-state index contributed by atoms with van der Waals surface area (Å²) >= 11 is 0. The van der Waals surface area contributed by atoms with Gasteiger partial charge in [0, 0.05) is 32.4 Å². The van der Waals surface area contributed by atoms with Crippen LogP contribution in [0.5, 0.6) is 0 Å². The van der Waals surface area contributed by atoms with Crippen LogP contribution in [0.2, 0.25) is 0 Å². The number of ether oxygens (including phenoxy) is 1. The van der Waals surface area contributed by atoms with E-state index >= 15 is 0 Å². The second-order valence-electron chi connectivity index (χ2n) is 4.83. The van der Waals surface area contributed by atoms with E-state index in [4.69, 9.17) is 10.5 Å². The van der Waals surface area contributed by atoms with E-state index in [2.05, 4.69) is 4.72 Å². The van der Waals surface area contributed by atoms with Crippen molar-refractivity contribution in [2.75, 3.05) is 46.1 Å². The van der Waals surface area contributed by atoms with Crippen molar-refractivity contribution < 1.29 is 17.5 Å². The molecule has 0 aliphatic heterocycles. The van der Waals surface area contributed by atoms with E-state index in [1.54, 1.807) is 14.0 Å². The molecule has 0 radical (unpaired) electrons. The number of methoxy groups -OCH3 is 1. The van der Waals surface area contributed by atoms with Crippen LogP contribution >= 0.6 is 0 Å². The zero-order valence-electron chi connectivity index (χ0n) is 12.5. The number of hydrogen-bond donors (Lipinski definition) is 2. The van der Waals surface area contributed by atoms with E-state index in [0.717, 1.165) is 12.1 Å². The Bertz CT molecular complexity index is 578. The van der Waals surface area contributed by atoms with E-state index < -0.39 is 20.7 Å². The summed E-state index contributed by atoms with van der Waals surface area (Å²) in [6, 6.07) is 2.26. The molecule has 0 fully saturated rings. The fourth-order valence-corrected chi connectivity index (χ4v) is 2.80. The fourth-order valence-electron chi connectivity index (χ4n) is 1.68. The highest BCUT2D eigenvalue weighted by Gasteiger charge is 2.20. The molecule has 8 heteroatoms. The standard InChI is InChI=1S/C13H22FN3O3S/c1-10-8-11(14)13(9-12(10)15)21(18,19)16-4-5-17(2)6-7-20-3/h8-9,16H,4-7,15H2,1-3H3. The number of nitrogens with one attached hydrogen (secondary N) is 1. The normalized spacial score (nSPS) is 12.0. The predicted octanol–water partition coefficient (Wildman–Crippen LogP) is 0.573. The molecule has 1 rings (SSSR count). The second kappa shape index (κ2) is 7.69. The Morgan fingerprint density at radius 1 is 1.38 bits per heavy atom. The molecule has 0 saturated carbocycles. The molecule has 0 bridgehead atoms. The highest BCUT2D eigenvalue weighted by atomic mass is 32.2. The van der Waals surface area contributed by atoms with Crippen molar-refractivity contribution in [2.24, 2.45) is 0 Å². The van der Waals surface area contributed by atoms with Crippen LogP contribution in [0.4, 0.5) is 10.1 Å². The first-order valence-electron chi connectivity index (χ1n) is 6.50. The lowest BCUT2D eigenvalue weighted by molar-refractivity contribution is 0.162. The van der Waals surface area contributed by atoms with Gasteiger partial charge in [-0.2, -0.15) is 0 Å². The summed E-state index contributed by atoms with van der Waals surface area (Å²) in [6.45, 7) is 3.53. The van der Waals surface area contributed by atoms with Gasteiger partial charge in [-0.05, 0) is 31.7 Å². The Hall–Kier alpha value is -1.22. The van der Waals surface area contributed by atoms with Crippen molar-refractivity contribution >= 4 is 15.7 Å². The van der Waals surface area contributed by atoms with Crippen molar-refractivity contribution in [3.05, 3.63) is 23.5 Å². The Morgan fingerprint density at radius 3 is 2.67 bits per heavy atom. The number of nitrogens with zero attached hydrogens (tertiary/aromatic N) is 1. The number of nitrogens with two attached hydrogens (primary N) is 1. The Balaban J connectivity index is 2.68. The molecule has 0 saturated heterocycles. The minimum absolute atomic E-state index is 0.176. The van der Waals surface area contributed by atoms with Gasteiger partial charge >= 0.3 is 0 Å². The third kappa shape index (κ3) is 5.24. The van der Waals surface area contributed by atoms with Gasteiger partial charge in [-0.15, -0.1) is 0 Å². The van der Waals surface area contributed by atoms with Crippen molar-refractivity contribution in [1.82, 2.24) is 9.62 Å². The van der Waals surface area contributed by atoms with E-state index in [-0.39, 0.29) is 12.2 Å². The van der Waals surface area contributed by atoms with E-state index in [1.165, 1.54) is 0 Å². The summed E-state index contributed by atoms with van der Waals surface area (Å²) in [7, 11) is -0.466. The molecule has 3 N–H and O–H groups in total. The minimum atomic E-state index is -3.91. The molecule has 0 amide bonds.